The van der Waals surface area contributed by atoms with Gasteiger partial charge < -0.3 is 5.11 Å². The van der Waals surface area contributed by atoms with Crippen LogP contribution in [0.3, 0.4) is 0 Å². The molecule has 1 aromatic rings. The van der Waals surface area contributed by atoms with Crippen molar-refractivity contribution in [2.45, 2.75) is 12.8 Å². The molecule has 0 spiro atoms. The van der Waals surface area contributed by atoms with Crippen molar-refractivity contribution in [1.29, 1.82) is 0 Å². The summed E-state index contributed by atoms with van der Waals surface area (Å²) in [4.78, 5) is 0. The SMILES string of the molecule is NN(CCCCO)c1nn[nH]n1. The lowest BCUT2D eigenvalue weighted by Gasteiger charge is -2.11. The van der Waals surface area contributed by atoms with Crippen LogP contribution in [0, 0.1) is 0 Å². The summed E-state index contributed by atoms with van der Waals surface area (Å²) in [7, 11) is 0. The first-order valence-electron chi connectivity index (χ1n) is 3.71. The van der Waals surface area contributed by atoms with Crippen molar-refractivity contribution >= 4 is 5.95 Å². The largest absolute Gasteiger partial charge is 0.396 e. The maximum absolute atomic E-state index is 8.50. The molecule has 0 saturated heterocycles. The number of rotatable bonds is 5. The molecule has 4 N–H and O–H groups in total. The lowest BCUT2D eigenvalue weighted by Crippen LogP contribution is -2.32. The van der Waals surface area contributed by atoms with Crippen LogP contribution >= 0.6 is 0 Å². The van der Waals surface area contributed by atoms with Gasteiger partial charge in [-0.1, -0.05) is 5.10 Å². The highest BCUT2D eigenvalue weighted by atomic mass is 16.2. The van der Waals surface area contributed by atoms with Gasteiger partial charge in [-0.05, 0) is 18.1 Å². The summed E-state index contributed by atoms with van der Waals surface area (Å²) in [6.07, 6.45) is 1.53. The molecule has 0 aliphatic rings. The average molecular weight is 172 g/mol. The zero-order valence-corrected chi connectivity index (χ0v) is 6.64. The van der Waals surface area contributed by atoms with Crippen LogP contribution in [-0.4, -0.2) is 38.9 Å². The molecule has 1 heterocycles. The molecule has 0 unspecified atom stereocenters. The Bertz CT molecular complexity index is 200. The number of aliphatic hydroxyl groups excluding tert-OH is 1. The Morgan fingerprint density at radius 2 is 2.33 bits per heavy atom. The molecule has 68 valence electrons. The van der Waals surface area contributed by atoms with Crippen molar-refractivity contribution in [2.75, 3.05) is 18.2 Å². The zero-order valence-electron chi connectivity index (χ0n) is 6.64. The Morgan fingerprint density at radius 3 is 2.92 bits per heavy atom. The van der Waals surface area contributed by atoms with E-state index in [4.69, 9.17) is 10.9 Å². The molecule has 0 radical (unpaired) electrons. The van der Waals surface area contributed by atoms with E-state index in [9.17, 15) is 0 Å². The maximum Gasteiger partial charge on any atom is 0.279 e. The van der Waals surface area contributed by atoms with E-state index in [2.05, 4.69) is 20.6 Å². The lowest BCUT2D eigenvalue weighted by molar-refractivity contribution is 0.285. The molecule has 0 aromatic carbocycles. The van der Waals surface area contributed by atoms with Crippen LogP contribution in [0.25, 0.3) is 0 Å². The summed E-state index contributed by atoms with van der Waals surface area (Å²) < 4.78 is 0. The standard InChI is InChI=1S/C5H12N6O/c6-11(3-1-2-4-12)5-7-9-10-8-5/h12H,1-4,6H2,(H,7,8,9,10). The Hall–Kier alpha value is -1.21. The van der Waals surface area contributed by atoms with Gasteiger partial charge in [0.15, 0.2) is 0 Å². The summed E-state index contributed by atoms with van der Waals surface area (Å²) in [5.74, 6) is 5.92. The summed E-state index contributed by atoms with van der Waals surface area (Å²) in [6, 6.07) is 0. The number of nitrogens with zero attached hydrogens (tertiary/aromatic N) is 4. The molecule has 0 amide bonds. The Morgan fingerprint density at radius 1 is 1.50 bits per heavy atom. The second kappa shape index (κ2) is 4.62. The van der Waals surface area contributed by atoms with Crippen LogP contribution in [-0.2, 0) is 0 Å². The van der Waals surface area contributed by atoms with Gasteiger partial charge in [0.2, 0.25) is 0 Å². The first kappa shape index (κ1) is 8.88. The van der Waals surface area contributed by atoms with Gasteiger partial charge in [-0.15, -0.1) is 5.10 Å². The molecule has 0 saturated carbocycles. The molecule has 1 aromatic heterocycles. The normalized spacial score (nSPS) is 10.2. The third-order valence-corrected chi connectivity index (χ3v) is 1.40. The monoisotopic (exact) mass is 172 g/mol. The van der Waals surface area contributed by atoms with Crippen LogP contribution in [0.1, 0.15) is 12.8 Å². The van der Waals surface area contributed by atoms with Crippen molar-refractivity contribution in [3.05, 3.63) is 0 Å². The van der Waals surface area contributed by atoms with E-state index in [1.165, 1.54) is 5.01 Å². The van der Waals surface area contributed by atoms with Crippen molar-refractivity contribution in [1.82, 2.24) is 20.6 Å². The average Bonchev–Trinajstić information content (AvgIpc) is 2.56. The third kappa shape index (κ3) is 2.44. The highest BCUT2D eigenvalue weighted by Crippen LogP contribution is 1.98. The molecule has 0 aliphatic carbocycles. The van der Waals surface area contributed by atoms with Crippen molar-refractivity contribution < 1.29 is 5.11 Å². The quantitative estimate of drug-likeness (QED) is 0.288. The summed E-state index contributed by atoms with van der Waals surface area (Å²) in [5.41, 5.74) is 0. The minimum atomic E-state index is 0.181. The minimum absolute atomic E-state index is 0.181. The molecule has 0 atom stereocenters. The van der Waals surface area contributed by atoms with E-state index < -0.39 is 0 Å². The summed E-state index contributed by atoms with van der Waals surface area (Å²) >= 11 is 0. The minimum Gasteiger partial charge on any atom is -0.396 e. The first-order valence-corrected chi connectivity index (χ1v) is 3.71. The number of aromatic nitrogens is 4. The topological polar surface area (TPSA) is 104 Å². The predicted octanol–water partition coefficient (Wildman–Crippen LogP) is -1.35. The Labute approximate surface area is 69.5 Å². The summed E-state index contributed by atoms with van der Waals surface area (Å²) in [6.45, 7) is 0.792. The number of nitrogens with two attached hydrogens (primary N) is 1. The lowest BCUT2D eigenvalue weighted by atomic mass is 10.3. The van der Waals surface area contributed by atoms with E-state index in [1.807, 2.05) is 0 Å². The number of nitrogens with one attached hydrogen (secondary N) is 1. The summed E-state index contributed by atoms with van der Waals surface area (Å²) in [5, 5.41) is 22.9. The van der Waals surface area contributed by atoms with Gasteiger partial charge >= 0.3 is 0 Å². The van der Waals surface area contributed by atoms with Gasteiger partial charge in [-0.2, -0.15) is 5.21 Å². The fourth-order valence-electron chi connectivity index (χ4n) is 0.772. The highest BCUT2D eigenvalue weighted by Gasteiger charge is 2.04. The maximum atomic E-state index is 8.50. The molecule has 7 heteroatoms. The van der Waals surface area contributed by atoms with Gasteiger partial charge in [0.1, 0.15) is 0 Å². The number of aliphatic hydroxyl groups is 1. The van der Waals surface area contributed by atoms with Gasteiger partial charge in [-0.3, -0.25) is 5.01 Å². The molecule has 7 nitrogen and oxygen atoms in total. The second-order valence-electron chi connectivity index (χ2n) is 2.34. The fraction of sp³-hybridized carbons (Fsp3) is 0.800. The molecular weight excluding hydrogens is 160 g/mol. The number of anilines is 1. The molecule has 1 rings (SSSR count). The molecule has 0 aliphatic heterocycles. The Balaban J connectivity index is 2.25. The molecule has 12 heavy (non-hydrogen) atoms. The molecule has 0 fully saturated rings. The number of unbranched alkanes of at least 4 members (excludes halogenated alkanes) is 1. The molecule has 0 bridgehead atoms. The van der Waals surface area contributed by atoms with Crippen molar-refractivity contribution in [2.24, 2.45) is 5.84 Å². The molecular formula is C5H12N6O. The smallest absolute Gasteiger partial charge is 0.279 e. The highest BCUT2D eigenvalue weighted by molar-refractivity contribution is 5.21. The van der Waals surface area contributed by atoms with Gasteiger partial charge in [0.05, 0.1) is 0 Å². The number of hydrazine groups is 1. The fourth-order valence-corrected chi connectivity index (χ4v) is 0.772. The van der Waals surface area contributed by atoms with Crippen LogP contribution in [0.2, 0.25) is 0 Å². The van der Waals surface area contributed by atoms with E-state index >= 15 is 0 Å². The van der Waals surface area contributed by atoms with E-state index in [0.717, 1.165) is 12.8 Å². The van der Waals surface area contributed by atoms with Crippen molar-refractivity contribution in [3.63, 3.8) is 0 Å². The number of tetrazole rings is 1. The van der Waals surface area contributed by atoms with Crippen LogP contribution in [0.5, 0.6) is 0 Å². The number of H-pyrrole nitrogens is 1. The van der Waals surface area contributed by atoms with Gasteiger partial charge in [-0.25, -0.2) is 5.84 Å². The Kier molecular flexibility index (Phi) is 3.42. The second-order valence-corrected chi connectivity index (χ2v) is 2.34. The zero-order chi connectivity index (χ0) is 8.81. The number of hydrogen-bond acceptors (Lipinski definition) is 6. The van der Waals surface area contributed by atoms with Crippen molar-refractivity contribution in [3.8, 4) is 0 Å². The van der Waals surface area contributed by atoms with Crippen LogP contribution in [0.15, 0.2) is 0 Å². The van der Waals surface area contributed by atoms with E-state index in [0.29, 0.717) is 12.5 Å². The number of aromatic amines is 1. The van der Waals surface area contributed by atoms with E-state index in [-0.39, 0.29) is 6.61 Å². The van der Waals surface area contributed by atoms with E-state index in [1.54, 1.807) is 0 Å². The van der Waals surface area contributed by atoms with Gasteiger partial charge in [0.25, 0.3) is 5.95 Å². The first-order chi connectivity index (χ1) is 5.84. The third-order valence-electron chi connectivity index (χ3n) is 1.40. The number of hydrogen-bond donors (Lipinski definition) is 3. The van der Waals surface area contributed by atoms with Gasteiger partial charge in [0, 0.05) is 13.2 Å². The van der Waals surface area contributed by atoms with Crippen LogP contribution < -0.4 is 10.9 Å². The predicted molar refractivity (Wildman–Crippen MR) is 42.0 cm³/mol. The van der Waals surface area contributed by atoms with Crippen LogP contribution in [0.4, 0.5) is 5.95 Å².